The van der Waals surface area contributed by atoms with E-state index in [0.717, 1.165) is 28.1 Å². The average molecular weight is 385 g/mol. The third-order valence-electron chi connectivity index (χ3n) is 4.87. The van der Waals surface area contributed by atoms with E-state index < -0.39 is 9.84 Å². The number of aliphatic imine (C=N–C) groups is 1. The van der Waals surface area contributed by atoms with Crippen molar-refractivity contribution >= 4 is 38.5 Å². The summed E-state index contributed by atoms with van der Waals surface area (Å²) in [4.78, 5) is 10.3. The van der Waals surface area contributed by atoms with Crippen molar-refractivity contribution in [3.05, 3.63) is 36.2 Å². The number of hydrogen-bond donors (Lipinski definition) is 1. The smallest absolute Gasteiger partial charge is 0.175 e. The molecule has 0 fully saturated rings. The van der Waals surface area contributed by atoms with Gasteiger partial charge in [0.2, 0.25) is 0 Å². The van der Waals surface area contributed by atoms with E-state index in [2.05, 4.69) is 35.6 Å². The van der Waals surface area contributed by atoms with Crippen LogP contribution in [0.4, 0.5) is 11.5 Å². The molecule has 3 heterocycles. The van der Waals surface area contributed by atoms with Crippen LogP contribution >= 0.6 is 0 Å². The molecule has 1 unspecified atom stereocenters. The van der Waals surface area contributed by atoms with Gasteiger partial charge in [0.1, 0.15) is 6.04 Å². The second-order valence-electron chi connectivity index (χ2n) is 7.94. The zero-order chi connectivity index (χ0) is 19.6. The molecule has 4 rings (SSSR count). The summed E-state index contributed by atoms with van der Waals surface area (Å²) in [6, 6.07) is 6.97. The van der Waals surface area contributed by atoms with E-state index in [1.807, 2.05) is 31.6 Å². The maximum absolute atomic E-state index is 12.1. The van der Waals surface area contributed by atoms with Crippen LogP contribution in [0, 0.1) is 0 Å². The summed E-state index contributed by atoms with van der Waals surface area (Å²) in [5.41, 5.74) is 2.50. The Labute approximate surface area is 158 Å². The lowest BCUT2D eigenvalue weighted by Crippen LogP contribution is -2.45. The number of H-pyrrole nitrogens is 1. The van der Waals surface area contributed by atoms with Gasteiger partial charge in [-0.3, -0.25) is 4.68 Å². The fraction of sp³-hybridized carbons (Fsp3) is 0.368. The second kappa shape index (κ2) is 5.69. The maximum atomic E-state index is 12.1. The molecule has 142 valence electrons. The molecule has 7 nitrogen and oxygen atoms in total. The first-order valence-electron chi connectivity index (χ1n) is 8.75. The monoisotopic (exact) mass is 385 g/mol. The number of aromatic amines is 1. The number of anilines is 1. The van der Waals surface area contributed by atoms with Gasteiger partial charge >= 0.3 is 0 Å². The van der Waals surface area contributed by atoms with Gasteiger partial charge in [-0.25, -0.2) is 13.4 Å². The molecule has 3 aromatic rings. The third kappa shape index (κ3) is 2.84. The molecular formula is C19H23N5O2S. The molecule has 0 spiro atoms. The van der Waals surface area contributed by atoms with Gasteiger partial charge in [-0.15, -0.1) is 0 Å². The molecule has 2 aromatic heterocycles. The van der Waals surface area contributed by atoms with Crippen LogP contribution in [-0.4, -0.2) is 41.2 Å². The SMILES string of the molecule is Cn1nc(C2C=Nc3[nH]ccc3N2C(C)(C)C)c2cc(S(C)(=O)=O)ccc21. The zero-order valence-corrected chi connectivity index (χ0v) is 16.9. The Morgan fingerprint density at radius 1 is 1.19 bits per heavy atom. The number of aryl methyl sites for hydroxylation is 1. The van der Waals surface area contributed by atoms with Crippen LogP contribution in [0.2, 0.25) is 0 Å². The molecule has 1 aliphatic rings. The summed E-state index contributed by atoms with van der Waals surface area (Å²) in [5, 5.41) is 5.56. The lowest BCUT2D eigenvalue weighted by Gasteiger charge is -2.42. The van der Waals surface area contributed by atoms with Gasteiger partial charge in [0, 0.05) is 36.6 Å². The zero-order valence-electron chi connectivity index (χ0n) is 16.1. The Morgan fingerprint density at radius 3 is 2.59 bits per heavy atom. The first-order valence-corrected chi connectivity index (χ1v) is 10.6. The van der Waals surface area contributed by atoms with Crippen molar-refractivity contribution in [2.45, 2.75) is 37.2 Å². The van der Waals surface area contributed by atoms with Crippen LogP contribution < -0.4 is 4.90 Å². The standard InChI is InChI=1S/C19H23N5O2S/c1-19(2,3)24-15-8-9-20-18(15)21-11-16(24)17-13-10-12(27(5,25)26)6-7-14(13)23(4)22-17/h6-11,16,20H,1-5H3. The molecule has 1 atom stereocenters. The normalized spacial score (nSPS) is 17.5. The van der Waals surface area contributed by atoms with E-state index in [1.54, 1.807) is 16.8 Å². The van der Waals surface area contributed by atoms with Gasteiger partial charge in [0.15, 0.2) is 15.7 Å². The highest BCUT2D eigenvalue weighted by Crippen LogP contribution is 2.42. The molecule has 0 aliphatic carbocycles. The van der Waals surface area contributed by atoms with E-state index >= 15 is 0 Å². The summed E-state index contributed by atoms with van der Waals surface area (Å²) in [6.07, 6.45) is 4.97. The summed E-state index contributed by atoms with van der Waals surface area (Å²) in [6.45, 7) is 6.43. The second-order valence-corrected chi connectivity index (χ2v) is 9.95. The molecule has 1 aliphatic heterocycles. The van der Waals surface area contributed by atoms with Gasteiger partial charge in [0.25, 0.3) is 0 Å². The van der Waals surface area contributed by atoms with Crippen molar-refractivity contribution < 1.29 is 8.42 Å². The molecule has 1 aromatic carbocycles. The number of fused-ring (bicyclic) bond motifs is 2. The molecule has 0 saturated carbocycles. The highest BCUT2D eigenvalue weighted by Gasteiger charge is 2.36. The molecular weight excluding hydrogens is 362 g/mol. The predicted molar refractivity (Wildman–Crippen MR) is 108 cm³/mol. The number of nitrogens with zero attached hydrogens (tertiary/aromatic N) is 4. The van der Waals surface area contributed by atoms with Crippen molar-refractivity contribution in [2.75, 3.05) is 11.2 Å². The van der Waals surface area contributed by atoms with Crippen molar-refractivity contribution in [3.8, 4) is 0 Å². The van der Waals surface area contributed by atoms with E-state index in [0.29, 0.717) is 4.90 Å². The van der Waals surface area contributed by atoms with Gasteiger partial charge in [-0.2, -0.15) is 5.10 Å². The Kier molecular flexibility index (Phi) is 3.75. The number of aromatic nitrogens is 3. The summed E-state index contributed by atoms with van der Waals surface area (Å²) >= 11 is 0. The van der Waals surface area contributed by atoms with Crippen molar-refractivity contribution in [1.82, 2.24) is 14.8 Å². The molecule has 0 bridgehead atoms. The van der Waals surface area contributed by atoms with Gasteiger partial charge < -0.3 is 9.88 Å². The minimum absolute atomic E-state index is 0.188. The molecule has 1 N–H and O–H groups in total. The maximum Gasteiger partial charge on any atom is 0.175 e. The van der Waals surface area contributed by atoms with Crippen molar-refractivity contribution in [1.29, 1.82) is 0 Å². The largest absolute Gasteiger partial charge is 0.350 e. The topological polar surface area (TPSA) is 83.3 Å². The first kappa shape index (κ1) is 17.8. The van der Waals surface area contributed by atoms with Crippen LogP contribution in [0.25, 0.3) is 10.9 Å². The highest BCUT2D eigenvalue weighted by atomic mass is 32.2. The van der Waals surface area contributed by atoms with Crippen molar-refractivity contribution in [3.63, 3.8) is 0 Å². The number of sulfone groups is 1. The molecule has 0 radical (unpaired) electrons. The molecule has 0 amide bonds. The molecule has 27 heavy (non-hydrogen) atoms. The lowest BCUT2D eigenvalue weighted by molar-refractivity contribution is 0.481. The fourth-order valence-corrected chi connectivity index (χ4v) is 4.35. The number of nitrogens with one attached hydrogen (secondary N) is 1. The molecule has 0 saturated heterocycles. The fourth-order valence-electron chi connectivity index (χ4n) is 3.70. The van der Waals surface area contributed by atoms with Crippen LogP contribution in [0.5, 0.6) is 0 Å². The average Bonchev–Trinajstić information content (AvgIpc) is 3.16. The summed E-state index contributed by atoms with van der Waals surface area (Å²) < 4.78 is 25.9. The van der Waals surface area contributed by atoms with E-state index in [-0.39, 0.29) is 11.6 Å². The van der Waals surface area contributed by atoms with Gasteiger partial charge in [0.05, 0.1) is 21.8 Å². The van der Waals surface area contributed by atoms with E-state index in [9.17, 15) is 8.42 Å². The highest BCUT2D eigenvalue weighted by molar-refractivity contribution is 7.90. The molecule has 8 heteroatoms. The quantitative estimate of drug-likeness (QED) is 0.733. The third-order valence-corrected chi connectivity index (χ3v) is 5.98. The van der Waals surface area contributed by atoms with E-state index in [1.165, 1.54) is 6.26 Å². The first-order chi connectivity index (χ1) is 12.6. The lowest BCUT2D eigenvalue weighted by atomic mass is 9.98. The Morgan fingerprint density at radius 2 is 1.93 bits per heavy atom. The van der Waals surface area contributed by atoms with Crippen LogP contribution in [0.3, 0.4) is 0 Å². The predicted octanol–water partition coefficient (Wildman–Crippen LogP) is 3.37. The number of hydrogen-bond acceptors (Lipinski definition) is 5. The minimum Gasteiger partial charge on any atom is -0.350 e. The minimum atomic E-state index is -3.30. The van der Waals surface area contributed by atoms with Crippen LogP contribution in [0.15, 0.2) is 40.4 Å². The summed E-state index contributed by atoms with van der Waals surface area (Å²) in [5.74, 6) is 0.818. The van der Waals surface area contributed by atoms with Gasteiger partial charge in [-0.05, 0) is 45.0 Å². The van der Waals surface area contributed by atoms with Crippen molar-refractivity contribution in [2.24, 2.45) is 12.0 Å². The van der Waals surface area contributed by atoms with Crippen LogP contribution in [0.1, 0.15) is 32.5 Å². The summed E-state index contributed by atoms with van der Waals surface area (Å²) in [7, 11) is -1.43. The Hall–Kier alpha value is -2.61. The van der Waals surface area contributed by atoms with Crippen LogP contribution in [-0.2, 0) is 16.9 Å². The number of benzene rings is 1. The number of rotatable bonds is 2. The van der Waals surface area contributed by atoms with Gasteiger partial charge in [-0.1, -0.05) is 0 Å². The Balaban J connectivity index is 1.96. The van der Waals surface area contributed by atoms with E-state index in [4.69, 9.17) is 5.10 Å². The Bertz CT molecular complexity index is 1160.